The van der Waals surface area contributed by atoms with E-state index in [1.807, 2.05) is 4.90 Å². The van der Waals surface area contributed by atoms with Crippen molar-refractivity contribution in [3.05, 3.63) is 52.1 Å². The number of rotatable bonds is 4. The van der Waals surface area contributed by atoms with E-state index in [-0.39, 0.29) is 11.3 Å². The van der Waals surface area contributed by atoms with Crippen LogP contribution in [0.1, 0.15) is 22.3 Å². The summed E-state index contributed by atoms with van der Waals surface area (Å²) in [7, 11) is 0. The third kappa shape index (κ3) is 4.50. The summed E-state index contributed by atoms with van der Waals surface area (Å²) in [5.74, 6) is -5.03. The standard InChI is InChI=1S/C18H15BrF5N3O2/c19-14-7-10(8-25-15(14)27-6-5-13(28)9-27)16(29)26-12-3-1-11(2-4-12)17(20,21)18(22,23)24/h1-4,7-8,13,28H,5-6,9H2,(H,26,29)/t13-/m1/s1. The van der Waals surface area contributed by atoms with Crippen LogP contribution in [0.2, 0.25) is 0 Å². The maximum atomic E-state index is 13.3. The molecule has 1 amide bonds. The molecular formula is C18H15BrF5N3O2. The largest absolute Gasteiger partial charge is 0.458 e. The van der Waals surface area contributed by atoms with Gasteiger partial charge in [-0.3, -0.25) is 4.79 Å². The number of aliphatic hydroxyl groups excluding tert-OH is 1. The molecular weight excluding hydrogens is 465 g/mol. The number of nitrogens with zero attached hydrogens (tertiary/aromatic N) is 2. The second-order valence-corrected chi connectivity index (χ2v) is 7.38. The second-order valence-electron chi connectivity index (χ2n) is 6.52. The normalized spacial score (nSPS) is 17.5. The van der Waals surface area contributed by atoms with Crippen LogP contribution in [-0.2, 0) is 5.92 Å². The van der Waals surface area contributed by atoms with Gasteiger partial charge < -0.3 is 15.3 Å². The average Bonchev–Trinajstić information content (AvgIpc) is 3.07. The first kappa shape index (κ1) is 21.4. The zero-order valence-electron chi connectivity index (χ0n) is 14.7. The number of carbonyl (C=O) groups excluding carboxylic acids is 1. The Bertz CT molecular complexity index is 905. The highest BCUT2D eigenvalue weighted by Crippen LogP contribution is 2.43. The fourth-order valence-corrected chi connectivity index (χ4v) is 3.45. The van der Waals surface area contributed by atoms with Gasteiger partial charge in [-0.15, -0.1) is 0 Å². The highest BCUT2D eigenvalue weighted by atomic mass is 79.9. The van der Waals surface area contributed by atoms with Crippen molar-refractivity contribution < 1.29 is 31.9 Å². The first-order valence-corrected chi connectivity index (χ1v) is 9.23. The Morgan fingerprint density at radius 1 is 1.21 bits per heavy atom. The van der Waals surface area contributed by atoms with Crippen LogP contribution in [-0.4, -0.2) is 41.4 Å². The van der Waals surface area contributed by atoms with E-state index in [4.69, 9.17) is 0 Å². The highest BCUT2D eigenvalue weighted by Gasteiger charge is 2.58. The quantitative estimate of drug-likeness (QED) is 0.641. The summed E-state index contributed by atoms with van der Waals surface area (Å²) in [4.78, 5) is 18.4. The van der Waals surface area contributed by atoms with Crippen LogP contribution in [0.5, 0.6) is 0 Å². The van der Waals surface area contributed by atoms with E-state index in [0.717, 1.165) is 12.1 Å². The van der Waals surface area contributed by atoms with Gasteiger partial charge in [-0.25, -0.2) is 4.98 Å². The van der Waals surface area contributed by atoms with Gasteiger partial charge in [0.15, 0.2) is 0 Å². The van der Waals surface area contributed by atoms with Crippen LogP contribution in [0.4, 0.5) is 33.5 Å². The molecule has 0 unspecified atom stereocenters. The Labute approximate surface area is 170 Å². The van der Waals surface area contributed by atoms with Crippen molar-refractivity contribution in [3.63, 3.8) is 0 Å². The number of hydrogen-bond donors (Lipinski definition) is 2. The van der Waals surface area contributed by atoms with Crippen LogP contribution >= 0.6 is 15.9 Å². The van der Waals surface area contributed by atoms with Gasteiger partial charge in [-0.05, 0) is 40.5 Å². The lowest BCUT2D eigenvalue weighted by molar-refractivity contribution is -0.289. The van der Waals surface area contributed by atoms with Gasteiger partial charge in [0.25, 0.3) is 5.91 Å². The Morgan fingerprint density at radius 3 is 2.38 bits per heavy atom. The van der Waals surface area contributed by atoms with Gasteiger partial charge in [0, 0.05) is 30.5 Å². The summed E-state index contributed by atoms with van der Waals surface area (Å²) in [6.45, 7) is 1.04. The summed E-state index contributed by atoms with van der Waals surface area (Å²) in [5, 5.41) is 12.0. The first-order valence-electron chi connectivity index (χ1n) is 8.44. The van der Waals surface area contributed by atoms with Crippen molar-refractivity contribution in [1.29, 1.82) is 0 Å². The topological polar surface area (TPSA) is 65.5 Å². The number of nitrogens with one attached hydrogen (secondary N) is 1. The van der Waals surface area contributed by atoms with Gasteiger partial charge in [0.2, 0.25) is 0 Å². The molecule has 156 valence electrons. The van der Waals surface area contributed by atoms with Crippen LogP contribution in [0.15, 0.2) is 41.0 Å². The molecule has 1 aliphatic heterocycles. The minimum atomic E-state index is -5.71. The van der Waals surface area contributed by atoms with Gasteiger partial charge >= 0.3 is 12.1 Å². The Balaban J connectivity index is 1.71. The molecule has 0 aliphatic carbocycles. The molecule has 11 heteroatoms. The molecule has 2 aromatic rings. The van der Waals surface area contributed by atoms with Gasteiger partial charge in [-0.2, -0.15) is 22.0 Å². The summed E-state index contributed by atoms with van der Waals surface area (Å²) in [6, 6.07) is 4.66. The lowest BCUT2D eigenvalue weighted by atomic mass is 10.1. The molecule has 0 radical (unpaired) electrons. The van der Waals surface area contributed by atoms with E-state index >= 15 is 0 Å². The zero-order chi connectivity index (χ0) is 21.4. The lowest BCUT2D eigenvalue weighted by Gasteiger charge is -2.20. The van der Waals surface area contributed by atoms with E-state index in [9.17, 15) is 31.9 Å². The number of carbonyl (C=O) groups is 1. The SMILES string of the molecule is O=C(Nc1ccc(C(F)(F)C(F)(F)F)cc1)c1cnc(N2CC[C@@H](O)C2)c(Br)c1. The molecule has 1 aromatic heterocycles. The molecule has 1 saturated heterocycles. The molecule has 1 aromatic carbocycles. The van der Waals surface area contributed by atoms with Crippen molar-refractivity contribution in [1.82, 2.24) is 4.98 Å². The van der Waals surface area contributed by atoms with Crippen molar-refractivity contribution in [2.24, 2.45) is 0 Å². The molecule has 2 heterocycles. The van der Waals surface area contributed by atoms with Crippen molar-refractivity contribution in [2.75, 3.05) is 23.3 Å². The van der Waals surface area contributed by atoms with Crippen LogP contribution in [0.3, 0.4) is 0 Å². The number of aromatic nitrogens is 1. The molecule has 0 bridgehead atoms. The van der Waals surface area contributed by atoms with Crippen LogP contribution in [0.25, 0.3) is 0 Å². The Kier molecular flexibility index (Phi) is 5.81. The van der Waals surface area contributed by atoms with Gasteiger partial charge in [-0.1, -0.05) is 12.1 Å². The maximum absolute atomic E-state index is 13.3. The fourth-order valence-electron chi connectivity index (χ4n) is 2.85. The van der Waals surface area contributed by atoms with Crippen molar-refractivity contribution in [2.45, 2.75) is 24.6 Å². The number of anilines is 2. The van der Waals surface area contributed by atoms with E-state index < -0.39 is 29.7 Å². The smallest absolute Gasteiger partial charge is 0.391 e. The molecule has 0 saturated carbocycles. The monoisotopic (exact) mass is 479 g/mol. The molecule has 1 atom stereocenters. The average molecular weight is 480 g/mol. The summed E-state index contributed by atoms with van der Waals surface area (Å²) >= 11 is 3.33. The molecule has 0 spiro atoms. The molecule has 1 aliphatic rings. The van der Waals surface area contributed by atoms with Crippen molar-refractivity contribution in [3.8, 4) is 0 Å². The predicted molar refractivity (Wildman–Crippen MR) is 99.1 cm³/mol. The first-order chi connectivity index (χ1) is 13.5. The van der Waals surface area contributed by atoms with Crippen molar-refractivity contribution >= 4 is 33.3 Å². The number of β-amino-alcohol motifs (C(OH)–C–C–N with tert-alkyl or cyclic N) is 1. The zero-order valence-corrected chi connectivity index (χ0v) is 16.3. The van der Waals surface area contributed by atoms with Gasteiger partial charge in [0.05, 0.1) is 16.1 Å². The lowest BCUT2D eigenvalue weighted by Crippen LogP contribution is -2.33. The minimum Gasteiger partial charge on any atom is -0.391 e. The van der Waals surface area contributed by atoms with Crippen LogP contribution < -0.4 is 10.2 Å². The van der Waals surface area contributed by atoms with E-state index in [1.165, 1.54) is 12.3 Å². The summed E-state index contributed by atoms with van der Waals surface area (Å²) < 4.78 is 64.4. The third-order valence-corrected chi connectivity index (χ3v) is 4.99. The Morgan fingerprint density at radius 2 is 1.86 bits per heavy atom. The summed E-state index contributed by atoms with van der Waals surface area (Å²) in [5.41, 5.74) is -1.01. The number of amides is 1. The number of benzene rings is 1. The van der Waals surface area contributed by atoms with E-state index in [2.05, 4.69) is 26.2 Å². The highest BCUT2D eigenvalue weighted by molar-refractivity contribution is 9.10. The fraction of sp³-hybridized carbons (Fsp3) is 0.333. The molecule has 3 rings (SSSR count). The number of alkyl halides is 5. The molecule has 1 fully saturated rings. The van der Waals surface area contributed by atoms with Crippen LogP contribution in [0, 0.1) is 0 Å². The van der Waals surface area contributed by atoms with E-state index in [1.54, 1.807) is 0 Å². The predicted octanol–water partition coefficient (Wildman–Crippen LogP) is 4.32. The number of pyridine rings is 1. The maximum Gasteiger partial charge on any atom is 0.458 e. The number of hydrogen-bond acceptors (Lipinski definition) is 4. The van der Waals surface area contributed by atoms with Gasteiger partial charge in [0.1, 0.15) is 5.82 Å². The molecule has 29 heavy (non-hydrogen) atoms. The molecule has 2 N–H and O–H groups in total. The summed E-state index contributed by atoms with van der Waals surface area (Å²) in [6.07, 6.45) is -4.23. The van der Waals surface area contributed by atoms with E-state index in [0.29, 0.717) is 41.9 Å². The third-order valence-electron chi connectivity index (χ3n) is 4.41. The minimum absolute atomic E-state index is 0.0552. The molecule has 5 nitrogen and oxygen atoms in total. The number of halogens is 6. The number of aliphatic hydroxyl groups is 1. The second kappa shape index (κ2) is 7.86. The Hall–Kier alpha value is -2.27.